The van der Waals surface area contributed by atoms with Crippen LogP contribution in [0.3, 0.4) is 0 Å². The monoisotopic (exact) mass is 465 g/mol. The third-order valence-electron chi connectivity index (χ3n) is 3.96. The first kappa shape index (κ1) is 17.9. The van der Waals surface area contributed by atoms with E-state index in [4.69, 9.17) is 11.6 Å². The van der Waals surface area contributed by atoms with Crippen LogP contribution in [0.15, 0.2) is 48.5 Å². The van der Waals surface area contributed by atoms with E-state index in [1.807, 2.05) is 67.1 Å². The van der Waals surface area contributed by atoms with Crippen LogP contribution in [0.1, 0.15) is 27.3 Å². The first-order valence-corrected chi connectivity index (χ1v) is 9.25. The molecule has 1 aromatic heterocycles. The highest BCUT2D eigenvalue weighted by Crippen LogP contribution is 2.23. The van der Waals surface area contributed by atoms with Crippen LogP contribution in [0.25, 0.3) is 0 Å². The molecule has 0 fully saturated rings. The molecule has 0 aliphatic heterocycles. The standard InChI is InChI=1S/C19H17ClIN3O/c1-12-18(22-19(25)16-8-3-4-9-17(16)21)13(2)24(23-12)11-14-6-5-7-15(20)10-14/h3-10H,11H2,1-2H3,(H,22,25). The zero-order valence-electron chi connectivity index (χ0n) is 13.9. The summed E-state index contributed by atoms with van der Waals surface area (Å²) < 4.78 is 2.80. The third-order valence-corrected chi connectivity index (χ3v) is 5.14. The lowest BCUT2D eigenvalue weighted by molar-refractivity contribution is 0.102. The normalized spacial score (nSPS) is 10.7. The van der Waals surface area contributed by atoms with Crippen LogP contribution in [0.4, 0.5) is 5.69 Å². The molecule has 3 aromatic rings. The largest absolute Gasteiger partial charge is 0.319 e. The minimum Gasteiger partial charge on any atom is -0.319 e. The average Bonchev–Trinajstić information content (AvgIpc) is 2.83. The van der Waals surface area contributed by atoms with E-state index >= 15 is 0 Å². The Hall–Kier alpha value is -1.86. The van der Waals surface area contributed by atoms with E-state index in [1.165, 1.54) is 0 Å². The van der Waals surface area contributed by atoms with Crippen LogP contribution in [0.5, 0.6) is 0 Å². The number of carbonyl (C=O) groups excluding carboxylic acids is 1. The third kappa shape index (κ3) is 4.04. The van der Waals surface area contributed by atoms with E-state index in [0.29, 0.717) is 17.1 Å². The summed E-state index contributed by atoms with van der Waals surface area (Å²) in [6.07, 6.45) is 0. The average molecular weight is 466 g/mol. The van der Waals surface area contributed by atoms with Gasteiger partial charge < -0.3 is 5.32 Å². The van der Waals surface area contributed by atoms with Gasteiger partial charge in [-0.3, -0.25) is 9.48 Å². The lowest BCUT2D eigenvalue weighted by Crippen LogP contribution is -2.14. The van der Waals surface area contributed by atoms with E-state index < -0.39 is 0 Å². The van der Waals surface area contributed by atoms with Gasteiger partial charge in [0.2, 0.25) is 0 Å². The topological polar surface area (TPSA) is 46.9 Å². The van der Waals surface area contributed by atoms with Gasteiger partial charge in [0.05, 0.1) is 29.2 Å². The fraction of sp³-hybridized carbons (Fsp3) is 0.158. The Labute approximate surface area is 165 Å². The van der Waals surface area contributed by atoms with Crippen molar-refractivity contribution in [1.29, 1.82) is 0 Å². The van der Waals surface area contributed by atoms with Gasteiger partial charge in [0.1, 0.15) is 0 Å². The Morgan fingerprint density at radius 3 is 2.68 bits per heavy atom. The van der Waals surface area contributed by atoms with Crippen molar-refractivity contribution in [3.8, 4) is 0 Å². The molecule has 0 radical (unpaired) electrons. The van der Waals surface area contributed by atoms with Crippen molar-refractivity contribution in [1.82, 2.24) is 9.78 Å². The number of carbonyl (C=O) groups is 1. The molecule has 4 nitrogen and oxygen atoms in total. The number of benzene rings is 2. The molecule has 0 saturated heterocycles. The zero-order chi connectivity index (χ0) is 18.0. The van der Waals surface area contributed by atoms with Gasteiger partial charge in [0, 0.05) is 8.59 Å². The lowest BCUT2D eigenvalue weighted by Gasteiger charge is -2.08. The van der Waals surface area contributed by atoms with Crippen molar-refractivity contribution < 1.29 is 4.79 Å². The molecule has 2 aromatic carbocycles. The molecule has 1 heterocycles. The van der Waals surface area contributed by atoms with E-state index in [1.54, 1.807) is 0 Å². The first-order chi connectivity index (χ1) is 12.0. The maximum Gasteiger partial charge on any atom is 0.256 e. The van der Waals surface area contributed by atoms with Crippen LogP contribution < -0.4 is 5.32 Å². The fourth-order valence-electron chi connectivity index (χ4n) is 2.67. The summed E-state index contributed by atoms with van der Waals surface area (Å²) in [5.41, 5.74) is 4.18. The van der Waals surface area contributed by atoms with E-state index in [2.05, 4.69) is 33.0 Å². The molecule has 25 heavy (non-hydrogen) atoms. The summed E-state index contributed by atoms with van der Waals surface area (Å²) >= 11 is 8.22. The van der Waals surface area contributed by atoms with Crippen molar-refractivity contribution in [3.05, 3.63) is 79.6 Å². The Balaban J connectivity index is 1.85. The second-order valence-corrected chi connectivity index (χ2v) is 7.37. The second kappa shape index (κ2) is 7.58. The quantitative estimate of drug-likeness (QED) is 0.548. The molecule has 1 N–H and O–H groups in total. The number of aromatic nitrogens is 2. The Kier molecular flexibility index (Phi) is 5.44. The minimum atomic E-state index is -0.126. The van der Waals surface area contributed by atoms with Gasteiger partial charge in [-0.25, -0.2) is 0 Å². The number of nitrogens with one attached hydrogen (secondary N) is 1. The minimum absolute atomic E-state index is 0.126. The predicted octanol–water partition coefficient (Wildman–Crippen LogP) is 5.06. The van der Waals surface area contributed by atoms with Gasteiger partial charge >= 0.3 is 0 Å². The lowest BCUT2D eigenvalue weighted by atomic mass is 10.2. The Morgan fingerprint density at radius 1 is 1.20 bits per heavy atom. The van der Waals surface area contributed by atoms with E-state index in [0.717, 1.165) is 26.2 Å². The van der Waals surface area contributed by atoms with E-state index in [-0.39, 0.29) is 5.91 Å². The fourth-order valence-corrected chi connectivity index (χ4v) is 3.51. The molecule has 0 aliphatic carbocycles. The highest BCUT2D eigenvalue weighted by molar-refractivity contribution is 14.1. The molecule has 1 amide bonds. The summed E-state index contributed by atoms with van der Waals surface area (Å²) in [5.74, 6) is -0.126. The Morgan fingerprint density at radius 2 is 1.96 bits per heavy atom. The maximum atomic E-state index is 12.6. The number of hydrogen-bond acceptors (Lipinski definition) is 2. The van der Waals surface area contributed by atoms with E-state index in [9.17, 15) is 4.79 Å². The molecule has 6 heteroatoms. The summed E-state index contributed by atoms with van der Waals surface area (Å²) in [6, 6.07) is 15.2. The number of hydrogen-bond donors (Lipinski definition) is 1. The number of aryl methyl sites for hydroxylation is 1. The molecular weight excluding hydrogens is 449 g/mol. The van der Waals surface area contributed by atoms with Gasteiger partial charge in [-0.2, -0.15) is 5.10 Å². The van der Waals surface area contributed by atoms with Crippen molar-refractivity contribution >= 4 is 45.8 Å². The molecule has 3 rings (SSSR count). The summed E-state index contributed by atoms with van der Waals surface area (Å²) in [4.78, 5) is 12.6. The van der Waals surface area contributed by atoms with Crippen LogP contribution in [-0.2, 0) is 6.54 Å². The molecule has 0 spiro atoms. The molecule has 128 valence electrons. The molecular formula is C19H17ClIN3O. The number of amides is 1. The molecule has 0 saturated carbocycles. The van der Waals surface area contributed by atoms with Crippen molar-refractivity contribution in [2.24, 2.45) is 0 Å². The van der Waals surface area contributed by atoms with Gasteiger partial charge in [-0.1, -0.05) is 35.9 Å². The smallest absolute Gasteiger partial charge is 0.256 e. The molecule has 0 unspecified atom stereocenters. The SMILES string of the molecule is Cc1nn(Cc2cccc(Cl)c2)c(C)c1NC(=O)c1ccccc1I. The Bertz CT molecular complexity index is 936. The van der Waals surface area contributed by atoms with Crippen LogP contribution in [0, 0.1) is 17.4 Å². The predicted molar refractivity (Wildman–Crippen MR) is 109 cm³/mol. The van der Waals surface area contributed by atoms with Crippen LogP contribution in [0.2, 0.25) is 5.02 Å². The van der Waals surface area contributed by atoms with Crippen LogP contribution >= 0.6 is 34.2 Å². The van der Waals surface area contributed by atoms with Gasteiger partial charge in [-0.05, 0) is 66.3 Å². The highest BCUT2D eigenvalue weighted by Gasteiger charge is 2.16. The molecule has 0 aliphatic rings. The van der Waals surface area contributed by atoms with Gasteiger partial charge in [-0.15, -0.1) is 0 Å². The highest BCUT2D eigenvalue weighted by atomic mass is 127. The molecule has 0 atom stereocenters. The molecule has 0 bridgehead atoms. The van der Waals surface area contributed by atoms with Crippen LogP contribution in [-0.4, -0.2) is 15.7 Å². The van der Waals surface area contributed by atoms with Crippen molar-refractivity contribution in [2.45, 2.75) is 20.4 Å². The zero-order valence-corrected chi connectivity index (χ0v) is 16.8. The summed E-state index contributed by atoms with van der Waals surface area (Å²) in [5, 5.41) is 8.26. The first-order valence-electron chi connectivity index (χ1n) is 7.80. The number of nitrogens with zero attached hydrogens (tertiary/aromatic N) is 2. The summed E-state index contributed by atoms with van der Waals surface area (Å²) in [6.45, 7) is 4.45. The van der Waals surface area contributed by atoms with Crippen molar-refractivity contribution in [2.75, 3.05) is 5.32 Å². The van der Waals surface area contributed by atoms with Crippen molar-refractivity contribution in [3.63, 3.8) is 0 Å². The number of rotatable bonds is 4. The van der Waals surface area contributed by atoms with Gasteiger partial charge in [0.25, 0.3) is 5.91 Å². The van der Waals surface area contributed by atoms with Gasteiger partial charge in [0.15, 0.2) is 0 Å². The summed E-state index contributed by atoms with van der Waals surface area (Å²) in [7, 11) is 0. The second-order valence-electron chi connectivity index (χ2n) is 5.77. The maximum absolute atomic E-state index is 12.6. The number of halogens is 2. The number of anilines is 1.